The largest absolute Gasteiger partial charge is 2.00 e. The van der Waals surface area contributed by atoms with Crippen molar-refractivity contribution >= 4 is 93.3 Å². The van der Waals surface area contributed by atoms with Crippen molar-refractivity contribution in [1.29, 1.82) is 0 Å². The zero-order valence-corrected chi connectivity index (χ0v) is 33.1. The van der Waals surface area contributed by atoms with E-state index in [-0.39, 0.29) is 51.0 Å². The summed E-state index contributed by atoms with van der Waals surface area (Å²) in [5.74, 6) is -5.30. The molecule has 290 valence electrons. The minimum atomic E-state index is -1.32. The van der Waals surface area contributed by atoms with Crippen molar-refractivity contribution in [2.45, 2.75) is 0 Å². The first-order valence-corrected chi connectivity index (χ1v) is 18.5. The number of aromatic nitrogens is 4. The van der Waals surface area contributed by atoms with Crippen LogP contribution in [-0.4, -0.2) is 46.9 Å². The van der Waals surface area contributed by atoms with Crippen molar-refractivity contribution in [2.24, 2.45) is 0 Å². The van der Waals surface area contributed by atoms with Gasteiger partial charge < -0.3 is 49.6 Å². The van der Waals surface area contributed by atoms with Gasteiger partial charge in [0.15, 0.2) is 0 Å². The topological polar surface area (TPSA) is 217 Å². The van der Waals surface area contributed by atoms with Crippen LogP contribution in [0, 0.1) is 0 Å². The van der Waals surface area contributed by atoms with Crippen molar-refractivity contribution in [1.82, 2.24) is 9.97 Å². The molecule has 9 rings (SSSR count). The summed E-state index contributed by atoms with van der Waals surface area (Å²) in [7, 11) is 0. The van der Waals surface area contributed by atoms with Gasteiger partial charge in [-0.2, -0.15) is 0 Å². The SMILES string of the molecule is O=C([O-])c1ccc(-c2c3[nH+]c(c(-c4ccc(C(=O)[O-])cc4)c4ccc([n-]4)c(-c4ccc(C(=O)[O-])cc4)c4[nH+]c(c(-c5ccc(C(=O)[O-])cc5)c5ccc2[n-]5)C=C4)C=C3)cc1.[H+].[H+].[H+].[H+].[Mg+2]. The zero-order chi connectivity index (χ0) is 41.7. The van der Waals surface area contributed by atoms with Gasteiger partial charge >= 0.3 is 28.8 Å². The van der Waals surface area contributed by atoms with Gasteiger partial charge in [-0.05, 0) is 44.5 Å². The van der Waals surface area contributed by atoms with Crippen LogP contribution in [0.25, 0.3) is 90.9 Å². The summed E-state index contributed by atoms with van der Waals surface area (Å²) in [5, 5.41) is 46.8. The smallest absolute Gasteiger partial charge is 0.656 e. The molecule has 2 aliphatic heterocycles. The zero-order valence-electron chi connectivity index (χ0n) is 35.7. The number of hydrogen-bond acceptors (Lipinski definition) is 8. The Morgan fingerprint density at radius 3 is 0.721 bits per heavy atom. The van der Waals surface area contributed by atoms with Gasteiger partial charge in [0.2, 0.25) is 22.8 Å². The van der Waals surface area contributed by atoms with Gasteiger partial charge in [0, 0.05) is 46.6 Å². The molecule has 0 radical (unpaired) electrons. The van der Waals surface area contributed by atoms with Gasteiger partial charge in [0.1, 0.15) is 0 Å². The van der Waals surface area contributed by atoms with Crippen LogP contribution >= 0.6 is 0 Å². The van der Waals surface area contributed by atoms with Crippen LogP contribution < -0.4 is 40.4 Å². The molecule has 0 fully saturated rings. The minimum absolute atomic E-state index is 0. The molecule has 61 heavy (non-hydrogen) atoms. The third kappa shape index (κ3) is 7.50. The minimum Gasteiger partial charge on any atom is -0.656 e. The molecule has 0 amide bonds. The molecule has 8 bridgehead atoms. The Labute approximate surface area is 368 Å². The molecular formula is C48H30MgN4O8+2. The van der Waals surface area contributed by atoms with Crippen LogP contribution in [0.3, 0.4) is 0 Å². The molecule has 0 spiro atoms. The Kier molecular flexibility index (Phi) is 10.5. The Morgan fingerprint density at radius 2 is 0.541 bits per heavy atom. The molecule has 2 aliphatic rings. The number of H-pyrrole nitrogens is 2. The number of carboxylic acids is 4. The Morgan fingerprint density at radius 1 is 0.344 bits per heavy atom. The summed E-state index contributed by atoms with van der Waals surface area (Å²) in [6.07, 6.45) is 7.44. The second-order valence-electron chi connectivity index (χ2n) is 14.0. The molecule has 12 nitrogen and oxygen atoms in total. The van der Waals surface area contributed by atoms with Gasteiger partial charge in [-0.1, -0.05) is 121 Å². The molecule has 0 saturated heterocycles. The maximum Gasteiger partial charge on any atom is 2.00 e. The molecular weight excluding hydrogens is 785 g/mol. The molecule has 4 aromatic carbocycles. The fraction of sp³-hybridized carbons (Fsp3) is 0. The van der Waals surface area contributed by atoms with Crippen molar-refractivity contribution < 1.29 is 55.3 Å². The molecule has 0 aliphatic carbocycles. The van der Waals surface area contributed by atoms with E-state index in [9.17, 15) is 39.6 Å². The van der Waals surface area contributed by atoms with Crippen LogP contribution in [0.5, 0.6) is 0 Å². The molecule has 3 aromatic heterocycles. The van der Waals surface area contributed by atoms with E-state index >= 15 is 0 Å². The average molecular weight is 815 g/mol. The number of carbonyl (C=O) groups is 4. The van der Waals surface area contributed by atoms with Crippen molar-refractivity contribution in [3.63, 3.8) is 0 Å². The second-order valence-corrected chi connectivity index (χ2v) is 14.0. The Hall–Kier alpha value is -7.87. The fourth-order valence-corrected chi connectivity index (χ4v) is 7.51. The average Bonchev–Trinajstić information content (AvgIpc) is 4.10. The number of rotatable bonds is 8. The van der Waals surface area contributed by atoms with Gasteiger partial charge in [-0.15, -0.1) is 22.1 Å². The van der Waals surface area contributed by atoms with E-state index < -0.39 is 23.9 Å². The van der Waals surface area contributed by atoms with Crippen LogP contribution in [-0.2, 0) is 0 Å². The van der Waals surface area contributed by atoms with E-state index in [1.54, 1.807) is 48.5 Å². The predicted octanol–water partition coefficient (Wildman–Crippen LogP) is 2.94. The summed E-state index contributed by atoms with van der Waals surface area (Å²) in [5.41, 5.74) is 9.58. The van der Waals surface area contributed by atoms with Gasteiger partial charge in [-0.3, -0.25) is 0 Å². The molecule has 5 heterocycles. The first-order valence-electron chi connectivity index (χ1n) is 18.5. The molecule has 13 heteroatoms. The summed E-state index contributed by atoms with van der Waals surface area (Å²) in [4.78, 5) is 64.2. The maximum atomic E-state index is 11.7. The number of fused-ring (bicyclic) bond motifs is 8. The number of benzene rings is 4. The van der Waals surface area contributed by atoms with Crippen LogP contribution in [0.2, 0.25) is 0 Å². The number of aromatic amines is 2. The first-order chi connectivity index (χ1) is 29.0. The number of hydrogen-bond donors (Lipinski definition) is 0. The Bertz CT molecular complexity index is 2780. The van der Waals surface area contributed by atoms with Gasteiger partial charge in [-0.25, -0.2) is 9.97 Å². The quantitative estimate of drug-likeness (QED) is 0.204. The molecule has 0 saturated carbocycles. The molecule has 7 aromatic rings. The number of carboxylic acid groups (broad SMARTS) is 4. The van der Waals surface area contributed by atoms with Crippen molar-refractivity contribution in [3.05, 3.63) is 166 Å². The fourth-order valence-electron chi connectivity index (χ4n) is 7.51. The maximum absolute atomic E-state index is 11.7. The van der Waals surface area contributed by atoms with Crippen LogP contribution in [0.1, 0.15) is 69.9 Å². The summed E-state index contributed by atoms with van der Waals surface area (Å²) in [6, 6.07) is 32.3. The monoisotopic (exact) mass is 814 g/mol. The van der Waals surface area contributed by atoms with E-state index in [2.05, 4.69) is 9.97 Å². The van der Waals surface area contributed by atoms with E-state index in [0.717, 1.165) is 0 Å². The number of nitrogens with zero attached hydrogens (tertiary/aromatic N) is 2. The summed E-state index contributed by atoms with van der Waals surface area (Å²) in [6.45, 7) is 0. The van der Waals surface area contributed by atoms with Crippen molar-refractivity contribution in [3.8, 4) is 44.5 Å². The van der Waals surface area contributed by atoms with Gasteiger partial charge in [0.05, 0.1) is 23.9 Å². The third-order valence-electron chi connectivity index (χ3n) is 10.4. The number of nitrogens with one attached hydrogen (secondary N) is 2. The second kappa shape index (κ2) is 16.1. The number of carbonyl (C=O) groups excluding carboxylic acids is 4. The van der Waals surface area contributed by atoms with E-state index in [1.165, 1.54) is 48.5 Å². The van der Waals surface area contributed by atoms with Crippen molar-refractivity contribution in [2.75, 3.05) is 0 Å². The van der Waals surface area contributed by atoms with Gasteiger partial charge in [0.25, 0.3) is 0 Å². The normalized spacial score (nSPS) is 11.5. The van der Waals surface area contributed by atoms with Crippen LogP contribution in [0.15, 0.2) is 121 Å². The van der Waals surface area contributed by atoms with E-state index in [0.29, 0.717) is 89.4 Å². The molecule has 0 atom stereocenters. The standard InChI is InChI=1S/C48H30N4O8.Mg/c53-45(54)29-9-1-25(2-10-29)41-33-17-19-35(49-33)42(26-3-11-30(12-4-26)46(55)56)37-21-23-39(51-37)44(28-7-15-32(16-8-28)48(59)60)40-24-22-38(52-40)43(36-20-18-34(41)50-36)27-5-13-31(14-6-27)47(57)58;/h1-24H,(H6,49,50,51,52,53,54,55,56,57,58,59,60);/q;+2. The Balaban J connectivity index is 0.00000185. The number of aromatic carboxylic acids is 4. The third-order valence-corrected chi connectivity index (χ3v) is 10.4. The van der Waals surface area contributed by atoms with Crippen LogP contribution in [0.4, 0.5) is 0 Å². The van der Waals surface area contributed by atoms with E-state index in [4.69, 9.17) is 9.97 Å². The first kappa shape index (κ1) is 39.9. The molecule has 0 unspecified atom stereocenters. The van der Waals surface area contributed by atoms with E-state index in [1.807, 2.05) is 48.6 Å². The summed E-state index contributed by atoms with van der Waals surface area (Å²) < 4.78 is 0. The summed E-state index contributed by atoms with van der Waals surface area (Å²) >= 11 is 0. The predicted molar refractivity (Wildman–Crippen MR) is 224 cm³/mol. The molecule has 2 N–H and O–H groups in total.